The molecule has 0 amide bonds. The van der Waals surface area contributed by atoms with E-state index < -0.39 is 0 Å². The van der Waals surface area contributed by atoms with Gasteiger partial charge in [-0.25, -0.2) is 0 Å². The highest BCUT2D eigenvalue weighted by Crippen LogP contribution is 2.30. The molecule has 0 aliphatic carbocycles. The van der Waals surface area contributed by atoms with Crippen molar-refractivity contribution in [2.75, 3.05) is 45.3 Å². The summed E-state index contributed by atoms with van der Waals surface area (Å²) in [7, 11) is 3.37. The van der Waals surface area contributed by atoms with E-state index in [4.69, 9.17) is 14.5 Å². The number of hydrogen-bond donors (Lipinski definition) is 2. The molecular formula is C24H36IN5O2. The Labute approximate surface area is 209 Å². The lowest BCUT2D eigenvalue weighted by molar-refractivity contribution is 0.393. The zero-order chi connectivity index (χ0) is 22.1. The van der Waals surface area contributed by atoms with Crippen LogP contribution >= 0.6 is 24.0 Å². The van der Waals surface area contributed by atoms with Crippen molar-refractivity contribution in [1.82, 2.24) is 15.6 Å². The Morgan fingerprint density at radius 2 is 1.84 bits per heavy atom. The van der Waals surface area contributed by atoms with Gasteiger partial charge in [-0.15, -0.1) is 24.0 Å². The molecule has 7 nitrogen and oxygen atoms in total. The van der Waals surface area contributed by atoms with Gasteiger partial charge in [-0.3, -0.25) is 9.98 Å². The van der Waals surface area contributed by atoms with Crippen molar-refractivity contribution in [1.29, 1.82) is 0 Å². The highest BCUT2D eigenvalue weighted by molar-refractivity contribution is 14.0. The summed E-state index contributed by atoms with van der Waals surface area (Å²) < 4.78 is 10.8. The Morgan fingerprint density at radius 3 is 2.44 bits per heavy atom. The van der Waals surface area contributed by atoms with Crippen LogP contribution in [-0.4, -0.2) is 57.4 Å². The number of guanidine groups is 1. The number of hydrogen-bond acceptors (Lipinski definition) is 5. The second kappa shape index (κ2) is 13.3. The Morgan fingerprint density at radius 1 is 1.16 bits per heavy atom. The van der Waals surface area contributed by atoms with Gasteiger partial charge in [0.1, 0.15) is 11.5 Å². The summed E-state index contributed by atoms with van der Waals surface area (Å²) in [5.41, 5.74) is 3.66. The van der Waals surface area contributed by atoms with E-state index in [1.54, 1.807) is 14.2 Å². The van der Waals surface area contributed by atoms with Crippen molar-refractivity contribution < 1.29 is 9.47 Å². The number of rotatable bonds is 8. The van der Waals surface area contributed by atoms with Crippen LogP contribution in [0, 0.1) is 6.92 Å². The van der Waals surface area contributed by atoms with Crippen LogP contribution in [0.15, 0.2) is 41.7 Å². The molecule has 1 fully saturated rings. The zero-order valence-electron chi connectivity index (χ0n) is 19.6. The Kier molecular flexibility index (Phi) is 10.9. The molecule has 8 heteroatoms. The van der Waals surface area contributed by atoms with Crippen LogP contribution in [-0.2, 0) is 6.42 Å². The maximum Gasteiger partial charge on any atom is 0.191 e. The second-order valence-corrected chi connectivity index (χ2v) is 7.79. The number of methoxy groups -OCH3 is 2. The molecule has 2 heterocycles. The Balaban J connectivity index is 0.00000363. The van der Waals surface area contributed by atoms with Crippen LogP contribution in [0.3, 0.4) is 0 Å². The van der Waals surface area contributed by atoms with Crippen LogP contribution in [0.25, 0.3) is 0 Å². The summed E-state index contributed by atoms with van der Waals surface area (Å²) in [4.78, 5) is 11.3. The highest BCUT2D eigenvalue weighted by atomic mass is 127. The fourth-order valence-electron chi connectivity index (χ4n) is 3.84. The van der Waals surface area contributed by atoms with E-state index in [9.17, 15) is 0 Å². The first-order chi connectivity index (χ1) is 15.1. The van der Waals surface area contributed by atoms with Gasteiger partial charge < -0.3 is 25.0 Å². The number of nitrogens with one attached hydrogen (secondary N) is 2. The molecule has 1 saturated heterocycles. The summed E-state index contributed by atoms with van der Waals surface area (Å²) in [6.07, 6.45) is 6.78. The van der Waals surface area contributed by atoms with Crippen LogP contribution in [0.2, 0.25) is 0 Å². The lowest BCUT2D eigenvalue weighted by Gasteiger charge is -2.34. The number of benzene rings is 1. The molecule has 2 aromatic rings. The topological polar surface area (TPSA) is 71.0 Å². The minimum Gasteiger partial charge on any atom is -0.497 e. The third kappa shape index (κ3) is 7.43. The largest absolute Gasteiger partial charge is 0.497 e. The molecule has 1 aliphatic rings. The number of aromatic nitrogens is 1. The molecule has 1 aliphatic heterocycles. The third-order valence-electron chi connectivity index (χ3n) is 5.67. The summed E-state index contributed by atoms with van der Waals surface area (Å²) in [5, 5.41) is 7.01. The molecule has 2 N–H and O–H groups in total. The molecule has 1 aromatic heterocycles. The standard InChI is InChI=1S/C24H35N5O2.HI/c1-5-26-24(27-11-7-19-6-10-25-17-18(19)2)28-20-8-12-29(13-9-20)21-14-22(30-3)16-23(15-21)31-4;/h6,10,14-17,20H,5,7-9,11-13H2,1-4H3,(H2,26,27,28);1H. The quantitative estimate of drug-likeness (QED) is 0.295. The van der Waals surface area contributed by atoms with E-state index in [1.165, 1.54) is 11.1 Å². The maximum absolute atomic E-state index is 5.42. The third-order valence-corrected chi connectivity index (χ3v) is 5.67. The fourth-order valence-corrected chi connectivity index (χ4v) is 3.84. The first-order valence-electron chi connectivity index (χ1n) is 11.0. The van der Waals surface area contributed by atoms with Crippen molar-refractivity contribution in [2.45, 2.75) is 39.2 Å². The van der Waals surface area contributed by atoms with Crippen LogP contribution in [0.1, 0.15) is 30.9 Å². The predicted octanol–water partition coefficient (Wildman–Crippen LogP) is 3.79. The van der Waals surface area contributed by atoms with Crippen molar-refractivity contribution >= 4 is 35.6 Å². The number of anilines is 1. The molecule has 0 unspecified atom stereocenters. The van der Waals surface area contributed by atoms with Gasteiger partial charge in [0.25, 0.3) is 0 Å². The van der Waals surface area contributed by atoms with E-state index in [-0.39, 0.29) is 24.0 Å². The molecule has 3 rings (SSSR count). The molecule has 1 aromatic carbocycles. The Hall–Kier alpha value is -2.23. The molecule has 176 valence electrons. The van der Waals surface area contributed by atoms with Gasteiger partial charge >= 0.3 is 0 Å². The predicted molar refractivity (Wildman–Crippen MR) is 142 cm³/mol. The van der Waals surface area contributed by atoms with Gasteiger partial charge in [-0.1, -0.05) is 0 Å². The van der Waals surface area contributed by atoms with Crippen molar-refractivity contribution in [3.8, 4) is 11.5 Å². The van der Waals surface area contributed by atoms with E-state index in [0.29, 0.717) is 6.04 Å². The number of ether oxygens (including phenoxy) is 2. The monoisotopic (exact) mass is 553 g/mol. The van der Waals surface area contributed by atoms with Gasteiger partial charge in [-0.05, 0) is 50.3 Å². The first kappa shape index (κ1) is 26.0. The van der Waals surface area contributed by atoms with E-state index in [0.717, 1.165) is 68.6 Å². The lowest BCUT2D eigenvalue weighted by atomic mass is 10.0. The normalized spacial score (nSPS) is 14.5. The van der Waals surface area contributed by atoms with Crippen molar-refractivity contribution in [2.24, 2.45) is 4.99 Å². The summed E-state index contributed by atoms with van der Waals surface area (Å²) in [6, 6.07) is 8.54. The van der Waals surface area contributed by atoms with Gasteiger partial charge in [0.2, 0.25) is 0 Å². The molecule has 32 heavy (non-hydrogen) atoms. The number of aryl methyl sites for hydroxylation is 1. The number of aliphatic imine (C=N–C) groups is 1. The molecule has 0 radical (unpaired) electrons. The van der Waals surface area contributed by atoms with Gasteiger partial charge in [0.05, 0.1) is 14.2 Å². The van der Waals surface area contributed by atoms with Gasteiger partial charge in [-0.2, -0.15) is 0 Å². The average molecular weight is 553 g/mol. The lowest BCUT2D eigenvalue weighted by Crippen LogP contribution is -2.48. The van der Waals surface area contributed by atoms with E-state index in [1.807, 2.05) is 18.5 Å². The maximum atomic E-state index is 5.42. The molecule has 0 spiro atoms. The first-order valence-corrected chi connectivity index (χ1v) is 11.0. The highest BCUT2D eigenvalue weighted by Gasteiger charge is 2.21. The van der Waals surface area contributed by atoms with Crippen molar-refractivity contribution in [3.63, 3.8) is 0 Å². The molecule has 0 bridgehead atoms. The van der Waals surface area contributed by atoms with E-state index in [2.05, 4.69) is 52.6 Å². The van der Waals surface area contributed by atoms with Crippen LogP contribution in [0.4, 0.5) is 5.69 Å². The Bertz CT molecular complexity index is 847. The fraction of sp³-hybridized carbons (Fsp3) is 0.500. The SMILES string of the molecule is CCNC(=NCCc1ccncc1C)NC1CCN(c2cc(OC)cc(OC)c2)CC1.I. The summed E-state index contributed by atoms with van der Waals surface area (Å²) in [6.45, 7) is 7.75. The van der Waals surface area contributed by atoms with Crippen LogP contribution < -0.4 is 25.0 Å². The van der Waals surface area contributed by atoms with Gasteiger partial charge in [0, 0.05) is 68.5 Å². The molecular weight excluding hydrogens is 517 g/mol. The number of piperidine rings is 1. The minimum atomic E-state index is 0. The second-order valence-electron chi connectivity index (χ2n) is 7.79. The molecule has 0 saturated carbocycles. The zero-order valence-corrected chi connectivity index (χ0v) is 21.9. The van der Waals surface area contributed by atoms with Crippen LogP contribution in [0.5, 0.6) is 11.5 Å². The number of halogens is 1. The molecule has 0 atom stereocenters. The van der Waals surface area contributed by atoms with Gasteiger partial charge in [0.15, 0.2) is 5.96 Å². The number of pyridine rings is 1. The minimum absolute atomic E-state index is 0. The number of nitrogens with zero attached hydrogens (tertiary/aromatic N) is 3. The summed E-state index contributed by atoms with van der Waals surface area (Å²) in [5.74, 6) is 2.54. The smallest absolute Gasteiger partial charge is 0.191 e. The van der Waals surface area contributed by atoms with E-state index >= 15 is 0 Å². The average Bonchev–Trinajstić information content (AvgIpc) is 2.80. The summed E-state index contributed by atoms with van der Waals surface area (Å²) >= 11 is 0. The van der Waals surface area contributed by atoms with Crippen molar-refractivity contribution in [3.05, 3.63) is 47.8 Å².